The highest BCUT2D eigenvalue weighted by molar-refractivity contribution is 6.33. The van der Waals surface area contributed by atoms with E-state index in [1.165, 1.54) is 12.5 Å². The van der Waals surface area contributed by atoms with Crippen molar-refractivity contribution >= 4 is 40.8 Å². The fourth-order valence-electron chi connectivity index (χ4n) is 4.71. The minimum atomic E-state index is -0.436. The lowest BCUT2D eigenvalue weighted by molar-refractivity contribution is 0.539. The van der Waals surface area contributed by atoms with Crippen LogP contribution in [0.3, 0.4) is 0 Å². The summed E-state index contributed by atoms with van der Waals surface area (Å²) < 4.78 is 13.8. The molecule has 1 aromatic carbocycles. The van der Waals surface area contributed by atoms with E-state index in [2.05, 4.69) is 26.6 Å². The molecule has 2 aliphatic heterocycles. The minimum absolute atomic E-state index is 0.0893. The molecule has 3 aromatic rings. The Bertz CT molecular complexity index is 1170. The molecule has 9 heteroatoms. The van der Waals surface area contributed by atoms with Crippen LogP contribution in [-0.2, 0) is 0 Å². The summed E-state index contributed by atoms with van der Waals surface area (Å²) in [4.78, 5) is 21.1. The molecule has 5 rings (SSSR count). The predicted octanol–water partition coefficient (Wildman–Crippen LogP) is 5.69. The van der Waals surface area contributed by atoms with E-state index < -0.39 is 5.82 Å². The lowest BCUT2D eigenvalue weighted by atomic mass is 10.1. The number of rotatable bonds is 4. The molecule has 4 heterocycles. The summed E-state index contributed by atoms with van der Waals surface area (Å²) >= 11 is 12.5. The predicted molar refractivity (Wildman–Crippen MR) is 137 cm³/mol. The van der Waals surface area contributed by atoms with Gasteiger partial charge in [0.1, 0.15) is 17.5 Å². The molecule has 0 radical (unpaired) electrons. The van der Waals surface area contributed by atoms with Crippen molar-refractivity contribution in [2.75, 3.05) is 47.4 Å². The normalized spacial score (nSPS) is 18.9. The maximum atomic E-state index is 13.8. The number of piperidine rings is 1. The summed E-state index contributed by atoms with van der Waals surface area (Å²) in [6.07, 6.45) is 5.26. The van der Waals surface area contributed by atoms with Gasteiger partial charge in [0.2, 0.25) is 5.95 Å². The Morgan fingerprint density at radius 3 is 2.47 bits per heavy atom. The first-order valence-corrected chi connectivity index (χ1v) is 12.5. The minimum Gasteiger partial charge on any atom is -0.352 e. The van der Waals surface area contributed by atoms with Gasteiger partial charge in [-0.2, -0.15) is 4.98 Å². The standard InChI is InChI=1S/C25H27Cl2FN6/c1-17-16-33(24-19(26)6-5-9-29-24)12-13-34(17)23-15-22(18-7-8-21(28)20(27)14-18)30-25(31-23)32-10-3-2-4-11-32/h5-9,14-15,17H,2-4,10-13,16H2,1H3/t17-/m1/s1. The fraction of sp³-hybridized carbons (Fsp3) is 0.400. The van der Waals surface area contributed by atoms with Gasteiger partial charge in [0.15, 0.2) is 0 Å². The van der Waals surface area contributed by atoms with Crippen LogP contribution in [-0.4, -0.2) is 53.7 Å². The van der Waals surface area contributed by atoms with Crippen molar-refractivity contribution in [3.05, 3.63) is 58.5 Å². The van der Waals surface area contributed by atoms with Crippen LogP contribution in [0.25, 0.3) is 11.3 Å². The first-order valence-electron chi connectivity index (χ1n) is 11.7. The fourth-order valence-corrected chi connectivity index (χ4v) is 5.13. The van der Waals surface area contributed by atoms with Gasteiger partial charge in [-0.05, 0) is 56.5 Å². The molecule has 1 atom stereocenters. The van der Waals surface area contributed by atoms with Crippen molar-refractivity contribution in [1.82, 2.24) is 15.0 Å². The van der Waals surface area contributed by atoms with Crippen LogP contribution in [0.1, 0.15) is 26.2 Å². The number of halogens is 3. The van der Waals surface area contributed by atoms with Gasteiger partial charge < -0.3 is 14.7 Å². The molecular weight excluding hydrogens is 474 g/mol. The van der Waals surface area contributed by atoms with E-state index in [4.69, 9.17) is 33.2 Å². The topological polar surface area (TPSA) is 48.4 Å². The second-order valence-electron chi connectivity index (χ2n) is 8.89. The molecule has 2 aliphatic rings. The maximum absolute atomic E-state index is 13.8. The van der Waals surface area contributed by atoms with Crippen LogP contribution in [0.4, 0.5) is 22.0 Å². The number of anilines is 3. The molecule has 34 heavy (non-hydrogen) atoms. The molecule has 0 bridgehead atoms. The lowest BCUT2D eigenvalue weighted by Gasteiger charge is -2.41. The van der Waals surface area contributed by atoms with Gasteiger partial charge in [-0.25, -0.2) is 14.4 Å². The van der Waals surface area contributed by atoms with Crippen LogP contribution >= 0.6 is 23.2 Å². The Hall–Kier alpha value is -2.64. The van der Waals surface area contributed by atoms with Crippen molar-refractivity contribution in [3.8, 4) is 11.3 Å². The van der Waals surface area contributed by atoms with Crippen molar-refractivity contribution in [1.29, 1.82) is 0 Å². The van der Waals surface area contributed by atoms with Crippen LogP contribution in [0.15, 0.2) is 42.6 Å². The SMILES string of the molecule is C[C@@H]1CN(c2ncccc2Cl)CCN1c1cc(-c2ccc(F)c(Cl)c2)nc(N2CCCCC2)n1. The molecule has 178 valence electrons. The van der Waals surface area contributed by atoms with Gasteiger partial charge in [0.25, 0.3) is 0 Å². The van der Waals surface area contributed by atoms with Gasteiger partial charge in [0.05, 0.1) is 15.7 Å². The van der Waals surface area contributed by atoms with Gasteiger partial charge in [-0.15, -0.1) is 0 Å². The van der Waals surface area contributed by atoms with Gasteiger partial charge in [-0.3, -0.25) is 0 Å². The largest absolute Gasteiger partial charge is 0.352 e. The molecule has 2 aromatic heterocycles. The van der Waals surface area contributed by atoms with Gasteiger partial charge in [0, 0.05) is 56.6 Å². The first-order chi connectivity index (χ1) is 16.5. The average Bonchev–Trinajstić information content (AvgIpc) is 2.86. The monoisotopic (exact) mass is 500 g/mol. The molecule has 0 saturated carbocycles. The number of aromatic nitrogens is 3. The Morgan fingerprint density at radius 2 is 1.74 bits per heavy atom. The summed E-state index contributed by atoms with van der Waals surface area (Å²) in [5.74, 6) is 1.96. The summed E-state index contributed by atoms with van der Waals surface area (Å²) in [7, 11) is 0. The van der Waals surface area contributed by atoms with Gasteiger partial charge >= 0.3 is 0 Å². The third-order valence-corrected chi connectivity index (χ3v) is 7.10. The maximum Gasteiger partial charge on any atom is 0.227 e. The van der Waals surface area contributed by atoms with Gasteiger partial charge in [-0.1, -0.05) is 23.2 Å². The first kappa shape index (κ1) is 23.1. The van der Waals surface area contributed by atoms with Crippen molar-refractivity contribution in [2.24, 2.45) is 0 Å². The van der Waals surface area contributed by atoms with E-state index in [9.17, 15) is 4.39 Å². The molecule has 2 saturated heterocycles. The van der Waals surface area contributed by atoms with Crippen LogP contribution < -0.4 is 14.7 Å². The van der Waals surface area contributed by atoms with E-state index in [-0.39, 0.29) is 11.1 Å². The number of hydrogen-bond donors (Lipinski definition) is 0. The molecule has 0 spiro atoms. The second kappa shape index (κ2) is 9.92. The smallest absolute Gasteiger partial charge is 0.227 e. The summed E-state index contributed by atoms with van der Waals surface area (Å²) in [5.41, 5.74) is 1.52. The molecule has 2 fully saturated rings. The average molecular weight is 501 g/mol. The highest BCUT2D eigenvalue weighted by Gasteiger charge is 2.28. The van der Waals surface area contributed by atoms with Crippen molar-refractivity contribution < 1.29 is 4.39 Å². The Balaban J connectivity index is 1.47. The lowest BCUT2D eigenvalue weighted by Crippen LogP contribution is -2.52. The molecular formula is C25H27Cl2FN6. The highest BCUT2D eigenvalue weighted by atomic mass is 35.5. The molecule has 6 nitrogen and oxygen atoms in total. The quantitative estimate of drug-likeness (QED) is 0.458. The molecule has 0 unspecified atom stereocenters. The Morgan fingerprint density at radius 1 is 0.912 bits per heavy atom. The summed E-state index contributed by atoms with van der Waals surface area (Å²) in [6.45, 7) is 6.39. The Kier molecular flexibility index (Phi) is 6.75. The number of piperazine rings is 1. The zero-order valence-corrected chi connectivity index (χ0v) is 20.6. The van der Waals surface area contributed by atoms with Crippen molar-refractivity contribution in [2.45, 2.75) is 32.2 Å². The van der Waals surface area contributed by atoms with Crippen LogP contribution in [0.5, 0.6) is 0 Å². The molecule has 0 amide bonds. The van der Waals surface area contributed by atoms with E-state index >= 15 is 0 Å². The second-order valence-corrected chi connectivity index (χ2v) is 9.70. The van der Waals surface area contributed by atoms with Crippen LogP contribution in [0, 0.1) is 5.82 Å². The molecule has 0 N–H and O–H groups in total. The number of benzene rings is 1. The summed E-state index contributed by atoms with van der Waals surface area (Å²) in [6, 6.07) is 10.6. The number of pyridine rings is 1. The zero-order chi connectivity index (χ0) is 23.7. The number of nitrogens with zero attached hydrogens (tertiary/aromatic N) is 6. The van der Waals surface area contributed by atoms with E-state index in [0.29, 0.717) is 5.02 Å². The highest BCUT2D eigenvalue weighted by Crippen LogP contribution is 2.31. The summed E-state index contributed by atoms with van der Waals surface area (Å²) in [5, 5.41) is 0.749. The van der Waals surface area contributed by atoms with Crippen molar-refractivity contribution in [3.63, 3.8) is 0 Å². The third kappa shape index (κ3) is 4.77. The van der Waals surface area contributed by atoms with Crippen LogP contribution in [0.2, 0.25) is 10.0 Å². The van der Waals surface area contributed by atoms with E-state index in [1.807, 2.05) is 18.2 Å². The number of hydrogen-bond acceptors (Lipinski definition) is 6. The molecule has 0 aliphatic carbocycles. The van der Waals surface area contributed by atoms with E-state index in [1.54, 1.807) is 18.3 Å². The Labute approximate surface area is 209 Å². The van der Waals surface area contributed by atoms with E-state index in [0.717, 1.165) is 74.4 Å². The third-order valence-electron chi connectivity index (χ3n) is 6.52. The zero-order valence-electron chi connectivity index (χ0n) is 19.1.